The molecule has 106 valence electrons. The van der Waals surface area contributed by atoms with Crippen LogP contribution in [0.25, 0.3) is 10.9 Å². The molecule has 8 heteroatoms. The minimum Gasteiger partial charge on any atom is -0.505 e. The first-order chi connectivity index (χ1) is 9.97. The van der Waals surface area contributed by atoms with Crippen molar-refractivity contribution < 1.29 is 9.50 Å². The Bertz CT molecular complexity index is 813. The number of aromatic nitrogens is 3. The van der Waals surface area contributed by atoms with Gasteiger partial charge in [0.25, 0.3) is 0 Å². The molecule has 0 saturated heterocycles. The number of benzene rings is 1. The predicted octanol–water partition coefficient (Wildman–Crippen LogP) is 1.38. The summed E-state index contributed by atoms with van der Waals surface area (Å²) >= 11 is 0. The van der Waals surface area contributed by atoms with Gasteiger partial charge in [-0.2, -0.15) is 0 Å². The number of halogens is 1. The second-order valence-corrected chi connectivity index (χ2v) is 4.47. The molecule has 0 radical (unpaired) electrons. The number of anilines is 2. The standard InChI is InChI=1S/C13H11FN6O/c14-6-1-5-2-8(20-7(5)3-9(6)21)11(15)10-12(16)18-4-19-13(10)17/h1-4,15,20-21H,(H4,16,17,18,19). The molecule has 0 bridgehead atoms. The molecule has 0 aliphatic heterocycles. The van der Waals surface area contributed by atoms with E-state index in [4.69, 9.17) is 16.9 Å². The molecule has 0 aliphatic carbocycles. The Kier molecular flexibility index (Phi) is 2.72. The van der Waals surface area contributed by atoms with Gasteiger partial charge in [0.2, 0.25) is 0 Å². The van der Waals surface area contributed by atoms with E-state index in [1.165, 1.54) is 18.5 Å². The van der Waals surface area contributed by atoms with Gasteiger partial charge < -0.3 is 21.6 Å². The summed E-state index contributed by atoms with van der Waals surface area (Å²) in [6.07, 6.45) is 1.21. The van der Waals surface area contributed by atoms with Crippen LogP contribution in [0.3, 0.4) is 0 Å². The monoisotopic (exact) mass is 286 g/mol. The molecule has 0 fully saturated rings. The molecule has 2 aromatic heterocycles. The van der Waals surface area contributed by atoms with E-state index in [9.17, 15) is 9.50 Å². The molecular formula is C13H11FN6O. The minimum absolute atomic E-state index is 0.0123. The third-order valence-electron chi connectivity index (χ3n) is 3.11. The normalized spacial score (nSPS) is 10.9. The molecule has 0 amide bonds. The smallest absolute Gasteiger partial charge is 0.165 e. The quantitative estimate of drug-likeness (QED) is 0.453. The Morgan fingerprint density at radius 2 is 1.86 bits per heavy atom. The predicted molar refractivity (Wildman–Crippen MR) is 76.7 cm³/mol. The van der Waals surface area contributed by atoms with Crippen LogP contribution < -0.4 is 11.5 Å². The number of rotatable bonds is 2. The lowest BCUT2D eigenvalue weighted by Gasteiger charge is -2.06. The lowest BCUT2D eigenvalue weighted by Crippen LogP contribution is -2.12. The molecule has 3 aromatic rings. The third-order valence-corrected chi connectivity index (χ3v) is 3.11. The number of nitrogens with one attached hydrogen (secondary N) is 2. The zero-order valence-electron chi connectivity index (χ0n) is 10.7. The van der Waals surface area contributed by atoms with E-state index in [-0.39, 0.29) is 22.9 Å². The Morgan fingerprint density at radius 1 is 1.19 bits per heavy atom. The molecule has 2 heterocycles. The Hall–Kier alpha value is -3.16. The van der Waals surface area contributed by atoms with Crippen molar-refractivity contribution in [2.45, 2.75) is 0 Å². The summed E-state index contributed by atoms with van der Waals surface area (Å²) in [4.78, 5) is 10.5. The maximum atomic E-state index is 13.3. The van der Waals surface area contributed by atoms with E-state index in [1.54, 1.807) is 6.07 Å². The number of aromatic amines is 1. The highest BCUT2D eigenvalue weighted by Crippen LogP contribution is 2.26. The zero-order valence-corrected chi connectivity index (χ0v) is 10.7. The largest absolute Gasteiger partial charge is 0.505 e. The first-order valence-corrected chi connectivity index (χ1v) is 5.94. The number of hydrogen-bond donors (Lipinski definition) is 5. The molecule has 0 atom stereocenters. The topological polar surface area (TPSA) is 138 Å². The summed E-state index contributed by atoms with van der Waals surface area (Å²) in [7, 11) is 0. The van der Waals surface area contributed by atoms with Gasteiger partial charge in [0.15, 0.2) is 11.6 Å². The van der Waals surface area contributed by atoms with Crippen molar-refractivity contribution in [2.24, 2.45) is 0 Å². The molecule has 0 spiro atoms. The number of nitrogen functional groups attached to an aromatic ring is 2. The van der Waals surface area contributed by atoms with Crippen LogP contribution in [-0.4, -0.2) is 25.8 Å². The summed E-state index contributed by atoms with van der Waals surface area (Å²) in [6.45, 7) is 0. The molecule has 0 saturated carbocycles. The van der Waals surface area contributed by atoms with Gasteiger partial charge in [-0.05, 0) is 12.1 Å². The summed E-state index contributed by atoms with van der Waals surface area (Å²) < 4.78 is 13.3. The zero-order chi connectivity index (χ0) is 15.1. The molecule has 7 nitrogen and oxygen atoms in total. The highest BCUT2D eigenvalue weighted by atomic mass is 19.1. The molecule has 3 rings (SSSR count). The fourth-order valence-corrected chi connectivity index (χ4v) is 2.08. The van der Waals surface area contributed by atoms with Crippen LogP contribution in [-0.2, 0) is 0 Å². The first kappa shape index (κ1) is 12.9. The van der Waals surface area contributed by atoms with Crippen LogP contribution in [0.15, 0.2) is 24.5 Å². The number of aromatic hydroxyl groups is 1. The van der Waals surface area contributed by atoms with Gasteiger partial charge in [-0.3, -0.25) is 5.41 Å². The van der Waals surface area contributed by atoms with Crippen LogP contribution in [0.2, 0.25) is 0 Å². The number of phenols is 1. The van der Waals surface area contributed by atoms with E-state index in [1.807, 2.05) is 0 Å². The summed E-state index contributed by atoms with van der Waals surface area (Å²) in [5, 5.41) is 18.0. The summed E-state index contributed by atoms with van der Waals surface area (Å²) in [5.74, 6) is -1.04. The van der Waals surface area contributed by atoms with Gasteiger partial charge in [0.1, 0.15) is 18.0 Å². The highest BCUT2D eigenvalue weighted by molar-refractivity contribution is 6.16. The maximum Gasteiger partial charge on any atom is 0.165 e. The van der Waals surface area contributed by atoms with Crippen LogP contribution in [0.1, 0.15) is 11.3 Å². The van der Waals surface area contributed by atoms with Crippen molar-refractivity contribution in [3.8, 4) is 5.75 Å². The second-order valence-electron chi connectivity index (χ2n) is 4.47. The number of nitrogens with two attached hydrogens (primary N) is 2. The van der Waals surface area contributed by atoms with Crippen LogP contribution in [0.5, 0.6) is 5.75 Å². The lowest BCUT2D eigenvalue weighted by atomic mass is 10.1. The molecular weight excluding hydrogens is 275 g/mol. The van der Waals surface area contributed by atoms with E-state index >= 15 is 0 Å². The van der Waals surface area contributed by atoms with Crippen LogP contribution >= 0.6 is 0 Å². The van der Waals surface area contributed by atoms with Gasteiger partial charge in [-0.1, -0.05) is 0 Å². The van der Waals surface area contributed by atoms with Crippen molar-refractivity contribution in [3.63, 3.8) is 0 Å². The van der Waals surface area contributed by atoms with E-state index in [0.29, 0.717) is 16.6 Å². The Labute approximate surface area is 118 Å². The van der Waals surface area contributed by atoms with Crippen molar-refractivity contribution in [1.82, 2.24) is 15.0 Å². The van der Waals surface area contributed by atoms with Crippen LogP contribution in [0, 0.1) is 11.2 Å². The highest BCUT2D eigenvalue weighted by Gasteiger charge is 2.16. The molecule has 7 N–H and O–H groups in total. The average molecular weight is 286 g/mol. The Morgan fingerprint density at radius 3 is 2.52 bits per heavy atom. The van der Waals surface area contributed by atoms with Gasteiger partial charge >= 0.3 is 0 Å². The van der Waals surface area contributed by atoms with Gasteiger partial charge in [0, 0.05) is 17.0 Å². The van der Waals surface area contributed by atoms with Crippen molar-refractivity contribution in [2.75, 3.05) is 11.5 Å². The minimum atomic E-state index is -0.735. The molecule has 0 aliphatic rings. The van der Waals surface area contributed by atoms with Gasteiger partial charge in [-0.15, -0.1) is 0 Å². The molecule has 1 aromatic carbocycles. The number of phenolic OH excluding ortho intramolecular Hbond substituents is 1. The third kappa shape index (κ3) is 2.02. The van der Waals surface area contributed by atoms with Crippen molar-refractivity contribution in [3.05, 3.63) is 41.6 Å². The fourth-order valence-electron chi connectivity index (χ4n) is 2.08. The van der Waals surface area contributed by atoms with E-state index in [0.717, 1.165) is 0 Å². The van der Waals surface area contributed by atoms with Crippen molar-refractivity contribution in [1.29, 1.82) is 5.41 Å². The van der Waals surface area contributed by atoms with Gasteiger partial charge in [0.05, 0.1) is 17.0 Å². The van der Waals surface area contributed by atoms with E-state index < -0.39 is 11.6 Å². The fraction of sp³-hybridized carbons (Fsp3) is 0. The molecule has 21 heavy (non-hydrogen) atoms. The molecule has 0 unspecified atom stereocenters. The maximum absolute atomic E-state index is 13.3. The number of nitrogens with zero attached hydrogens (tertiary/aromatic N) is 2. The summed E-state index contributed by atoms with van der Waals surface area (Å²) in [6, 6.07) is 3.98. The number of hydrogen-bond acceptors (Lipinski definition) is 6. The number of H-pyrrole nitrogens is 1. The number of fused-ring (bicyclic) bond motifs is 1. The SMILES string of the molecule is N=C(c1cc2cc(F)c(O)cc2[nH]1)c1c(N)ncnc1N. The second kappa shape index (κ2) is 4.44. The van der Waals surface area contributed by atoms with E-state index in [2.05, 4.69) is 15.0 Å². The summed E-state index contributed by atoms with van der Waals surface area (Å²) in [5.41, 5.74) is 12.5. The van der Waals surface area contributed by atoms with Crippen molar-refractivity contribution >= 4 is 28.3 Å². The lowest BCUT2D eigenvalue weighted by molar-refractivity contribution is 0.433. The average Bonchev–Trinajstić information content (AvgIpc) is 2.82. The first-order valence-electron chi connectivity index (χ1n) is 5.94. The Balaban J connectivity index is 2.14. The van der Waals surface area contributed by atoms with Crippen LogP contribution in [0.4, 0.5) is 16.0 Å². The van der Waals surface area contributed by atoms with Gasteiger partial charge in [-0.25, -0.2) is 14.4 Å².